The predicted octanol–water partition coefficient (Wildman–Crippen LogP) is 4.18. The van der Waals surface area contributed by atoms with Gasteiger partial charge in [0.25, 0.3) is 0 Å². The van der Waals surface area contributed by atoms with Crippen molar-refractivity contribution in [2.45, 2.75) is 54.8 Å². The van der Waals surface area contributed by atoms with E-state index in [9.17, 15) is 8.42 Å². The molecule has 3 nitrogen and oxygen atoms in total. The van der Waals surface area contributed by atoms with Crippen molar-refractivity contribution >= 4 is 9.84 Å². The zero-order chi connectivity index (χ0) is 17.3. The van der Waals surface area contributed by atoms with Crippen LogP contribution in [0.25, 0.3) is 0 Å². The normalized spacial score (nSPS) is 19.4. The highest BCUT2D eigenvalue weighted by Crippen LogP contribution is 2.46. The Hall–Kier alpha value is -1.65. The van der Waals surface area contributed by atoms with Gasteiger partial charge in [-0.2, -0.15) is 0 Å². The van der Waals surface area contributed by atoms with Crippen LogP contribution in [-0.2, 0) is 22.9 Å². The van der Waals surface area contributed by atoms with E-state index in [0.29, 0.717) is 4.90 Å². The van der Waals surface area contributed by atoms with E-state index in [4.69, 9.17) is 0 Å². The first-order valence-corrected chi connectivity index (χ1v) is 10.7. The Bertz CT molecular complexity index is 816. The van der Waals surface area contributed by atoms with Gasteiger partial charge >= 0.3 is 0 Å². The van der Waals surface area contributed by atoms with Gasteiger partial charge in [-0.05, 0) is 55.5 Å². The average molecular weight is 356 g/mol. The second-order valence-corrected chi connectivity index (χ2v) is 9.78. The summed E-state index contributed by atoms with van der Waals surface area (Å²) in [6.45, 7) is 2.96. The molecule has 1 saturated carbocycles. The number of benzene rings is 2. The standard InChI is InChI=1S/C21H25NO2S/c23-25(24,20-10-2-1-3-11-20)21(12-6-13-21)14-7-15-22-16-18-8-4-5-9-19(18)17-22/h1-5,8-11H,6-7,12-17H2. The molecule has 0 atom stereocenters. The van der Waals surface area contributed by atoms with Crippen molar-refractivity contribution in [3.05, 3.63) is 65.7 Å². The smallest absolute Gasteiger partial charge is 0.184 e. The number of nitrogens with zero attached hydrogens (tertiary/aromatic N) is 1. The van der Waals surface area contributed by atoms with Crippen LogP contribution in [0.1, 0.15) is 43.2 Å². The van der Waals surface area contributed by atoms with Crippen LogP contribution >= 0.6 is 0 Å². The zero-order valence-corrected chi connectivity index (χ0v) is 15.3. The fourth-order valence-electron chi connectivity index (χ4n) is 4.26. The minimum absolute atomic E-state index is 0.489. The monoisotopic (exact) mass is 355 g/mol. The van der Waals surface area contributed by atoms with Gasteiger partial charge in [-0.25, -0.2) is 8.42 Å². The number of fused-ring (bicyclic) bond motifs is 1. The highest BCUT2D eigenvalue weighted by atomic mass is 32.2. The van der Waals surface area contributed by atoms with Crippen LogP contribution in [0.3, 0.4) is 0 Å². The highest BCUT2D eigenvalue weighted by Gasteiger charge is 2.48. The lowest BCUT2D eigenvalue weighted by molar-refractivity contribution is 0.249. The Morgan fingerprint density at radius 3 is 2.04 bits per heavy atom. The van der Waals surface area contributed by atoms with E-state index in [-0.39, 0.29) is 0 Å². The molecule has 1 heterocycles. The van der Waals surface area contributed by atoms with Crippen LogP contribution in [0.15, 0.2) is 59.5 Å². The van der Waals surface area contributed by atoms with Crippen LogP contribution in [-0.4, -0.2) is 24.6 Å². The molecule has 1 aliphatic heterocycles. The van der Waals surface area contributed by atoms with Crippen LogP contribution in [0.2, 0.25) is 0 Å². The number of hydrogen-bond acceptors (Lipinski definition) is 3. The number of sulfone groups is 1. The fraction of sp³-hybridized carbons (Fsp3) is 0.429. The third-order valence-corrected chi connectivity index (χ3v) is 8.55. The second-order valence-electron chi connectivity index (χ2n) is 7.44. The molecule has 4 heteroatoms. The maximum Gasteiger partial charge on any atom is 0.184 e. The minimum Gasteiger partial charge on any atom is -0.295 e. The Labute approximate surface area is 150 Å². The van der Waals surface area contributed by atoms with Crippen molar-refractivity contribution < 1.29 is 8.42 Å². The Morgan fingerprint density at radius 1 is 0.880 bits per heavy atom. The van der Waals surface area contributed by atoms with E-state index < -0.39 is 14.6 Å². The molecule has 25 heavy (non-hydrogen) atoms. The third-order valence-electron chi connectivity index (χ3n) is 5.90. The lowest BCUT2D eigenvalue weighted by Crippen LogP contribution is -2.45. The van der Waals surface area contributed by atoms with Gasteiger partial charge in [0.1, 0.15) is 0 Å². The zero-order valence-electron chi connectivity index (χ0n) is 14.5. The molecule has 0 saturated heterocycles. The van der Waals surface area contributed by atoms with E-state index in [1.54, 1.807) is 12.1 Å². The predicted molar refractivity (Wildman–Crippen MR) is 100.0 cm³/mol. The molecular weight excluding hydrogens is 330 g/mol. The molecule has 2 aromatic carbocycles. The van der Waals surface area contributed by atoms with Gasteiger partial charge in [-0.15, -0.1) is 0 Å². The van der Waals surface area contributed by atoms with E-state index >= 15 is 0 Å². The van der Waals surface area contributed by atoms with Crippen LogP contribution in [0.4, 0.5) is 0 Å². The van der Waals surface area contributed by atoms with E-state index in [0.717, 1.165) is 51.7 Å². The van der Waals surface area contributed by atoms with Crippen molar-refractivity contribution in [3.63, 3.8) is 0 Å². The van der Waals surface area contributed by atoms with Gasteiger partial charge in [0.15, 0.2) is 9.84 Å². The molecular formula is C21H25NO2S. The van der Waals surface area contributed by atoms with E-state index in [1.165, 1.54) is 11.1 Å². The molecule has 1 aliphatic carbocycles. The van der Waals surface area contributed by atoms with Gasteiger partial charge in [0, 0.05) is 13.1 Å². The first-order chi connectivity index (χ1) is 12.1. The molecule has 0 radical (unpaired) electrons. The summed E-state index contributed by atoms with van der Waals surface area (Å²) < 4.78 is 25.7. The van der Waals surface area contributed by atoms with E-state index in [2.05, 4.69) is 29.2 Å². The fourth-order valence-corrected chi connectivity index (χ4v) is 6.52. The molecule has 1 fully saturated rings. The lowest BCUT2D eigenvalue weighted by Gasteiger charge is -2.41. The highest BCUT2D eigenvalue weighted by molar-refractivity contribution is 7.93. The van der Waals surface area contributed by atoms with Crippen LogP contribution in [0.5, 0.6) is 0 Å². The summed E-state index contributed by atoms with van der Waals surface area (Å²) in [5.74, 6) is 0. The maximum atomic E-state index is 13.1. The summed E-state index contributed by atoms with van der Waals surface area (Å²) in [6.07, 6.45) is 4.37. The van der Waals surface area contributed by atoms with Crippen molar-refractivity contribution in [2.24, 2.45) is 0 Å². The largest absolute Gasteiger partial charge is 0.295 e. The molecule has 2 aromatic rings. The number of rotatable bonds is 6. The summed E-state index contributed by atoms with van der Waals surface area (Å²) in [6, 6.07) is 17.6. The van der Waals surface area contributed by atoms with Crippen molar-refractivity contribution in [2.75, 3.05) is 6.54 Å². The SMILES string of the molecule is O=S(=O)(c1ccccc1)C1(CCCN2Cc3ccccc3C2)CCC1. The molecule has 0 N–H and O–H groups in total. The van der Waals surface area contributed by atoms with Gasteiger partial charge in [0.2, 0.25) is 0 Å². The van der Waals surface area contributed by atoms with Gasteiger partial charge in [-0.1, -0.05) is 48.9 Å². The molecule has 2 aliphatic rings. The maximum absolute atomic E-state index is 13.1. The summed E-state index contributed by atoms with van der Waals surface area (Å²) in [5, 5.41) is 0. The van der Waals surface area contributed by atoms with Crippen molar-refractivity contribution in [3.8, 4) is 0 Å². The number of hydrogen-bond donors (Lipinski definition) is 0. The van der Waals surface area contributed by atoms with Crippen LogP contribution < -0.4 is 0 Å². The molecule has 0 spiro atoms. The molecule has 4 rings (SSSR count). The van der Waals surface area contributed by atoms with E-state index in [1.807, 2.05) is 18.2 Å². The van der Waals surface area contributed by atoms with Crippen molar-refractivity contribution in [1.29, 1.82) is 0 Å². The first-order valence-electron chi connectivity index (χ1n) is 9.20. The summed E-state index contributed by atoms with van der Waals surface area (Å²) >= 11 is 0. The molecule has 0 unspecified atom stereocenters. The Balaban J connectivity index is 1.40. The summed E-state index contributed by atoms with van der Waals surface area (Å²) in [5.41, 5.74) is 2.83. The summed E-state index contributed by atoms with van der Waals surface area (Å²) in [7, 11) is -3.23. The molecule has 0 bridgehead atoms. The third kappa shape index (κ3) is 3.02. The van der Waals surface area contributed by atoms with Gasteiger partial charge < -0.3 is 0 Å². The topological polar surface area (TPSA) is 37.4 Å². The molecule has 0 aromatic heterocycles. The Kier molecular flexibility index (Phi) is 4.42. The first kappa shape index (κ1) is 16.8. The minimum atomic E-state index is -3.23. The van der Waals surface area contributed by atoms with Crippen LogP contribution in [0, 0.1) is 0 Å². The second kappa shape index (κ2) is 6.58. The quantitative estimate of drug-likeness (QED) is 0.780. The molecule has 0 amide bonds. The lowest BCUT2D eigenvalue weighted by atomic mass is 9.81. The van der Waals surface area contributed by atoms with Gasteiger partial charge in [-0.3, -0.25) is 4.90 Å². The van der Waals surface area contributed by atoms with Gasteiger partial charge in [0.05, 0.1) is 9.64 Å². The Morgan fingerprint density at radius 2 is 1.48 bits per heavy atom. The summed E-state index contributed by atoms with van der Waals surface area (Å²) in [4.78, 5) is 2.93. The molecule has 132 valence electrons. The van der Waals surface area contributed by atoms with Crippen molar-refractivity contribution in [1.82, 2.24) is 4.90 Å². The average Bonchev–Trinajstić information content (AvgIpc) is 3.00.